The zero-order chi connectivity index (χ0) is 29.6. The number of carbonyl (C=O) groups excluding carboxylic acids is 2. The van der Waals surface area contributed by atoms with E-state index in [4.69, 9.17) is 9.47 Å². The SMILES string of the molecule is CCCCOc1ccc(C2/C(=C(/O)c3ccc(OC)cc3)C(=O)C(=O)N2c2nnc(SCc3ccc(C)cc3)s2)cc1. The number of rotatable bonds is 11. The number of benzene rings is 3. The van der Waals surface area contributed by atoms with E-state index in [0.29, 0.717) is 39.3 Å². The number of anilines is 1. The van der Waals surface area contributed by atoms with E-state index in [-0.39, 0.29) is 16.5 Å². The predicted molar refractivity (Wildman–Crippen MR) is 165 cm³/mol. The number of nitrogens with zero attached hydrogens (tertiary/aromatic N) is 3. The average molecular weight is 602 g/mol. The number of hydrogen-bond acceptors (Lipinski definition) is 9. The Balaban J connectivity index is 1.50. The molecular weight excluding hydrogens is 571 g/mol. The van der Waals surface area contributed by atoms with Crippen LogP contribution in [0.25, 0.3) is 5.76 Å². The number of hydrogen-bond donors (Lipinski definition) is 1. The Bertz CT molecular complexity index is 1580. The molecule has 1 atom stereocenters. The maximum atomic E-state index is 13.5. The van der Waals surface area contributed by atoms with E-state index in [9.17, 15) is 14.7 Å². The molecule has 1 saturated heterocycles. The van der Waals surface area contributed by atoms with Crippen molar-refractivity contribution in [3.8, 4) is 11.5 Å². The van der Waals surface area contributed by atoms with Gasteiger partial charge in [-0.05, 0) is 60.9 Å². The van der Waals surface area contributed by atoms with Crippen molar-refractivity contribution in [1.29, 1.82) is 0 Å². The molecule has 0 aliphatic carbocycles. The summed E-state index contributed by atoms with van der Waals surface area (Å²) in [7, 11) is 1.55. The van der Waals surface area contributed by atoms with Gasteiger partial charge in [-0.2, -0.15) is 0 Å². The molecule has 42 heavy (non-hydrogen) atoms. The number of unbranched alkanes of at least 4 members (excludes halogenated alkanes) is 1. The van der Waals surface area contributed by atoms with Gasteiger partial charge in [0.2, 0.25) is 5.13 Å². The summed E-state index contributed by atoms with van der Waals surface area (Å²) >= 11 is 2.75. The molecule has 1 aliphatic heterocycles. The number of aliphatic hydroxyl groups excluding tert-OH is 1. The van der Waals surface area contributed by atoms with Crippen LogP contribution in [0.3, 0.4) is 0 Å². The lowest BCUT2D eigenvalue weighted by Crippen LogP contribution is -2.29. The second-order valence-corrected chi connectivity index (χ2v) is 12.0. The van der Waals surface area contributed by atoms with Gasteiger partial charge < -0.3 is 14.6 Å². The van der Waals surface area contributed by atoms with Gasteiger partial charge in [0.1, 0.15) is 17.3 Å². The summed E-state index contributed by atoms with van der Waals surface area (Å²) in [6.07, 6.45) is 1.95. The van der Waals surface area contributed by atoms with E-state index in [2.05, 4.69) is 41.4 Å². The van der Waals surface area contributed by atoms with Crippen molar-refractivity contribution in [2.75, 3.05) is 18.6 Å². The monoisotopic (exact) mass is 601 g/mol. The standard InChI is InChI=1S/C32H31N3O5S2/c1-4-5-18-40-25-16-10-22(11-17-25)27-26(28(36)23-12-14-24(39-3)15-13-23)29(37)30(38)35(27)31-33-34-32(42-31)41-19-21-8-6-20(2)7-9-21/h6-17,27,36H,4-5,18-19H2,1-3H3/b28-26-. The number of ether oxygens (including phenoxy) is 2. The lowest BCUT2D eigenvalue weighted by Gasteiger charge is -2.22. The number of Topliss-reactive ketones (excluding diaryl/α,β-unsaturated/α-hetero) is 1. The number of amides is 1. The topological polar surface area (TPSA) is 102 Å². The molecule has 216 valence electrons. The molecule has 0 spiro atoms. The number of carbonyl (C=O) groups is 2. The van der Waals surface area contributed by atoms with Gasteiger partial charge in [0, 0.05) is 11.3 Å². The van der Waals surface area contributed by atoms with E-state index in [1.54, 1.807) is 55.6 Å². The Labute approximate surface area is 253 Å². The lowest BCUT2D eigenvalue weighted by molar-refractivity contribution is -0.132. The van der Waals surface area contributed by atoms with Crippen LogP contribution in [0.4, 0.5) is 5.13 Å². The van der Waals surface area contributed by atoms with Crippen LogP contribution in [0.15, 0.2) is 82.7 Å². The highest BCUT2D eigenvalue weighted by molar-refractivity contribution is 8.00. The molecule has 1 aliphatic rings. The minimum Gasteiger partial charge on any atom is -0.507 e. The van der Waals surface area contributed by atoms with Gasteiger partial charge in [-0.3, -0.25) is 14.5 Å². The molecule has 3 aromatic carbocycles. The second kappa shape index (κ2) is 13.2. The third kappa shape index (κ3) is 6.34. The summed E-state index contributed by atoms with van der Waals surface area (Å²) in [5.74, 6) is 0.140. The van der Waals surface area contributed by atoms with Gasteiger partial charge in [0.25, 0.3) is 5.78 Å². The van der Waals surface area contributed by atoms with Crippen molar-refractivity contribution in [2.45, 2.75) is 42.8 Å². The highest BCUT2D eigenvalue weighted by Gasteiger charge is 2.48. The van der Waals surface area contributed by atoms with Crippen molar-refractivity contribution in [3.05, 3.63) is 101 Å². The van der Waals surface area contributed by atoms with Gasteiger partial charge in [-0.15, -0.1) is 10.2 Å². The number of thioether (sulfide) groups is 1. The van der Waals surface area contributed by atoms with Crippen molar-refractivity contribution in [1.82, 2.24) is 10.2 Å². The highest BCUT2D eigenvalue weighted by atomic mass is 32.2. The van der Waals surface area contributed by atoms with Crippen LogP contribution in [0, 0.1) is 6.92 Å². The molecule has 1 unspecified atom stereocenters. The third-order valence-corrected chi connectivity index (χ3v) is 8.98. The van der Waals surface area contributed by atoms with Gasteiger partial charge in [0.15, 0.2) is 4.34 Å². The number of aromatic nitrogens is 2. The first-order valence-corrected chi connectivity index (χ1v) is 15.4. The predicted octanol–water partition coefficient (Wildman–Crippen LogP) is 6.95. The number of aliphatic hydroxyl groups is 1. The number of ketones is 1. The van der Waals surface area contributed by atoms with E-state index < -0.39 is 17.7 Å². The number of aryl methyl sites for hydroxylation is 1. The van der Waals surface area contributed by atoms with Crippen molar-refractivity contribution < 1.29 is 24.2 Å². The molecule has 2 heterocycles. The zero-order valence-electron chi connectivity index (χ0n) is 23.6. The van der Waals surface area contributed by atoms with E-state index in [1.807, 2.05) is 6.92 Å². The summed E-state index contributed by atoms with van der Waals surface area (Å²) < 4.78 is 11.7. The summed E-state index contributed by atoms with van der Waals surface area (Å²) in [5, 5.41) is 20.3. The molecule has 0 radical (unpaired) electrons. The molecular formula is C32H31N3O5S2. The van der Waals surface area contributed by atoms with Gasteiger partial charge >= 0.3 is 5.91 Å². The van der Waals surface area contributed by atoms with Crippen LogP contribution in [0.1, 0.15) is 48.1 Å². The normalized spacial score (nSPS) is 16.2. The molecule has 0 saturated carbocycles. The van der Waals surface area contributed by atoms with Gasteiger partial charge in [-0.25, -0.2) is 0 Å². The first-order chi connectivity index (χ1) is 20.4. The van der Waals surface area contributed by atoms with Gasteiger partial charge in [-0.1, -0.05) is 78.4 Å². The fourth-order valence-electron chi connectivity index (χ4n) is 4.52. The fraction of sp³-hybridized carbons (Fsp3) is 0.250. The van der Waals surface area contributed by atoms with Crippen molar-refractivity contribution in [3.63, 3.8) is 0 Å². The summed E-state index contributed by atoms with van der Waals surface area (Å²) in [6.45, 7) is 4.73. The highest BCUT2D eigenvalue weighted by Crippen LogP contribution is 2.44. The Morgan fingerprint density at radius 2 is 1.67 bits per heavy atom. The van der Waals surface area contributed by atoms with Crippen molar-refractivity contribution in [2.24, 2.45) is 0 Å². The largest absolute Gasteiger partial charge is 0.507 e. The first kappa shape index (κ1) is 29.3. The second-order valence-electron chi connectivity index (χ2n) is 9.79. The van der Waals surface area contributed by atoms with Crippen LogP contribution >= 0.6 is 23.1 Å². The van der Waals surface area contributed by atoms with Crippen LogP contribution in [0.5, 0.6) is 11.5 Å². The Hall–Kier alpha value is -4.15. The smallest absolute Gasteiger partial charge is 0.301 e. The fourth-order valence-corrected chi connectivity index (χ4v) is 6.34. The van der Waals surface area contributed by atoms with E-state index >= 15 is 0 Å². The van der Waals surface area contributed by atoms with E-state index in [0.717, 1.165) is 18.4 Å². The maximum Gasteiger partial charge on any atom is 0.301 e. The molecule has 1 aromatic heterocycles. The van der Waals surface area contributed by atoms with Crippen LogP contribution in [-0.4, -0.2) is 40.7 Å². The van der Waals surface area contributed by atoms with Crippen LogP contribution in [0.2, 0.25) is 0 Å². The van der Waals surface area contributed by atoms with Crippen LogP contribution in [-0.2, 0) is 15.3 Å². The Morgan fingerprint density at radius 3 is 2.33 bits per heavy atom. The van der Waals surface area contributed by atoms with Crippen LogP contribution < -0.4 is 14.4 Å². The van der Waals surface area contributed by atoms with E-state index in [1.165, 1.54) is 33.6 Å². The summed E-state index contributed by atoms with van der Waals surface area (Å²) in [5.41, 5.74) is 3.34. The molecule has 1 amide bonds. The zero-order valence-corrected chi connectivity index (χ0v) is 25.2. The molecule has 1 N–H and O–H groups in total. The minimum atomic E-state index is -0.903. The third-order valence-electron chi connectivity index (χ3n) is 6.86. The maximum absolute atomic E-state index is 13.5. The molecule has 1 fully saturated rings. The molecule has 8 nitrogen and oxygen atoms in total. The minimum absolute atomic E-state index is 0.0196. The Morgan fingerprint density at radius 1 is 0.976 bits per heavy atom. The quantitative estimate of drug-likeness (QED) is 0.0492. The molecule has 4 aromatic rings. The molecule has 5 rings (SSSR count). The average Bonchev–Trinajstić information content (AvgIpc) is 3.58. The summed E-state index contributed by atoms with van der Waals surface area (Å²) in [4.78, 5) is 28.3. The molecule has 10 heteroatoms. The number of methoxy groups -OCH3 is 1. The van der Waals surface area contributed by atoms with Gasteiger partial charge in [0.05, 0.1) is 25.3 Å². The van der Waals surface area contributed by atoms with Crippen molar-refractivity contribution >= 4 is 45.7 Å². The Kier molecular flexibility index (Phi) is 9.24. The first-order valence-electron chi connectivity index (χ1n) is 13.6. The lowest BCUT2D eigenvalue weighted by atomic mass is 9.95. The molecule has 0 bridgehead atoms. The summed E-state index contributed by atoms with van der Waals surface area (Å²) in [6, 6.07) is 21.2.